The Morgan fingerprint density at radius 2 is 2.00 bits per heavy atom. The fourth-order valence-corrected chi connectivity index (χ4v) is 2.09. The highest BCUT2D eigenvalue weighted by Crippen LogP contribution is 2.40. The standard InChI is InChI=1S/C13H15N3O2/c1-8-5-9(10-7-12(14)16(2)15-10)13-11(6-8)17-3-4-18-13/h5-7H,3-4,14H2,1-2H3. The van der Waals surface area contributed by atoms with Crippen molar-refractivity contribution >= 4 is 5.82 Å². The monoisotopic (exact) mass is 245 g/mol. The minimum absolute atomic E-state index is 0.561. The van der Waals surface area contributed by atoms with E-state index in [0.29, 0.717) is 19.0 Å². The van der Waals surface area contributed by atoms with Gasteiger partial charge in [-0.15, -0.1) is 0 Å². The molecular weight excluding hydrogens is 230 g/mol. The molecule has 2 N–H and O–H groups in total. The van der Waals surface area contributed by atoms with Crippen molar-refractivity contribution in [3.05, 3.63) is 23.8 Å². The summed E-state index contributed by atoms with van der Waals surface area (Å²) in [4.78, 5) is 0. The van der Waals surface area contributed by atoms with Crippen LogP contribution in [-0.2, 0) is 7.05 Å². The molecule has 0 bridgehead atoms. The summed E-state index contributed by atoms with van der Waals surface area (Å²) in [6.07, 6.45) is 0. The smallest absolute Gasteiger partial charge is 0.170 e. The fourth-order valence-electron chi connectivity index (χ4n) is 2.09. The van der Waals surface area contributed by atoms with Crippen LogP contribution in [0.3, 0.4) is 0 Å². The van der Waals surface area contributed by atoms with Crippen LogP contribution in [0.25, 0.3) is 11.3 Å². The van der Waals surface area contributed by atoms with Crippen molar-refractivity contribution < 1.29 is 9.47 Å². The number of aryl methyl sites for hydroxylation is 2. The highest BCUT2D eigenvalue weighted by atomic mass is 16.6. The zero-order valence-corrected chi connectivity index (χ0v) is 10.4. The molecule has 0 saturated carbocycles. The molecule has 3 rings (SSSR count). The molecule has 5 heteroatoms. The van der Waals surface area contributed by atoms with Crippen LogP contribution in [0.15, 0.2) is 18.2 Å². The first-order valence-corrected chi connectivity index (χ1v) is 5.85. The van der Waals surface area contributed by atoms with E-state index in [4.69, 9.17) is 15.2 Å². The number of hydrogen-bond donors (Lipinski definition) is 1. The van der Waals surface area contributed by atoms with Gasteiger partial charge in [-0.05, 0) is 24.6 Å². The van der Waals surface area contributed by atoms with Crippen LogP contribution in [0.4, 0.5) is 5.82 Å². The van der Waals surface area contributed by atoms with Crippen molar-refractivity contribution in [3.63, 3.8) is 0 Å². The van der Waals surface area contributed by atoms with E-state index >= 15 is 0 Å². The van der Waals surface area contributed by atoms with Gasteiger partial charge in [0.15, 0.2) is 11.5 Å². The lowest BCUT2D eigenvalue weighted by atomic mass is 10.1. The number of nitrogens with two attached hydrogens (primary N) is 1. The molecule has 0 amide bonds. The van der Waals surface area contributed by atoms with Crippen molar-refractivity contribution in [1.82, 2.24) is 9.78 Å². The summed E-state index contributed by atoms with van der Waals surface area (Å²) in [7, 11) is 1.82. The number of benzene rings is 1. The molecule has 2 aromatic rings. The Morgan fingerprint density at radius 1 is 1.22 bits per heavy atom. The number of hydrogen-bond acceptors (Lipinski definition) is 4. The van der Waals surface area contributed by atoms with E-state index in [1.807, 2.05) is 32.2 Å². The Morgan fingerprint density at radius 3 is 2.72 bits per heavy atom. The quantitative estimate of drug-likeness (QED) is 0.831. The fraction of sp³-hybridized carbons (Fsp3) is 0.308. The Labute approximate surface area is 105 Å². The first kappa shape index (κ1) is 11.0. The van der Waals surface area contributed by atoms with Gasteiger partial charge in [0.2, 0.25) is 0 Å². The van der Waals surface area contributed by atoms with Crippen LogP contribution in [0.5, 0.6) is 11.5 Å². The van der Waals surface area contributed by atoms with Gasteiger partial charge in [-0.25, -0.2) is 0 Å². The van der Waals surface area contributed by atoms with E-state index in [2.05, 4.69) is 5.10 Å². The highest BCUT2D eigenvalue weighted by molar-refractivity contribution is 5.74. The summed E-state index contributed by atoms with van der Waals surface area (Å²) >= 11 is 0. The van der Waals surface area contributed by atoms with Gasteiger partial charge in [-0.3, -0.25) is 4.68 Å². The lowest BCUT2D eigenvalue weighted by Gasteiger charge is -2.21. The summed E-state index contributed by atoms with van der Waals surface area (Å²) in [5.74, 6) is 2.16. The van der Waals surface area contributed by atoms with Crippen molar-refractivity contribution in [2.24, 2.45) is 7.05 Å². The van der Waals surface area contributed by atoms with E-state index in [9.17, 15) is 0 Å². The molecule has 18 heavy (non-hydrogen) atoms. The topological polar surface area (TPSA) is 62.3 Å². The van der Waals surface area contributed by atoms with Gasteiger partial charge < -0.3 is 15.2 Å². The molecule has 1 aliphatic rings. The van der Waals surface area contributed by atoms with Gasteiger partial charge in [0.1, 0.15) is 19.0 Å². The second kappa shape index (κ2) is 3.94. The van der Waals surface area contributed by atoms with Crippen LogP contribution < -0.4 is 15.2 Å². The Bertz CT molecular complexity index is 585. The molecule has 1 aromatic heterocycles. The van der Waals surface area contributed by atoms with Crippen molar-refractivity contribution in [2.45, 2.75) is 6.92 Å². The van der Waals surface area contributed by atoms with Crippen LogP contribution >= 0.6 is 0 Å². The molecular formula is C13H15N3O2. The lowest BCUT2D eigenvalue weighted by molar-refractivity contribution is 0.172. The van der Waals surface area contributed by atoms with Crippen LogP contribution in [0.2, 0.25) is 0 Å². The number of ether oxygens (including phenoxy) is 2. The average Bonchev–Trinajstić information content (AvgIpc) is 2.68. The maximum absolute atomic E-state index is 5.82. The second-order valence-corrected chi connectivity index (χ2v) is 4.41. The Hall–Kier alpha value is -2.17. The largest absolute Gasteiger partial charge is 0.486 e. The number of fused-ring (bicyclic) bond motifs is 1. The number of nitrogens with zero attached hydrogens (tertiary/aromatic N) is 2. The molecule has 94 valence electrons. The van der Waals surface area contributed by atoms with E-state index < -0.39 is 0 Å². The predicted molar refractivity (Wildman–Crippen MR) is 68.8 cm³/mol. The number of rotatable bonds is 1. The molecule has 0 radical (unpaired) electrons. The van der Waals surface area contributed by atoms with Crippen LogP contribution in [0, 0.1) is 6.92 Å². The third kappa shape index (κ3) is 1.68. The van der Waals surface area contributed by atoms with Gasteiger partial charge >= 0.3 is 0 Å². The summed E-state index contributed by atoms with van der Waals surface area (Å²) in [6.45, 7) is 3.17. The summed E-state index contributed by atoms with van der Waals surface area (Å²) in [6, 6.07) is 5.85. The van der Waals surface area contributed by atoms with Crippen LogP contribution in [-0.4, -0.2) is 23.0 Å². The van der Waals surface area contributed by atoms with Crippen LogP contribution in [0.1, 0.15) is 5.56 Å². The highest BCUT2D eigenvalue weighted by Gasteiger charge is 2.19. The van der Waals surface area contributed by atoms with Gasteiger partial charge in [-0.2, -0.15) is 5.10 Å². The SMILES string of the molecule is Cc1cc2c(c(-c3cc(N)n(C)n3)c1)OCCO2. The van der Waals surface area contributed by atoms with Gasteiger partial charge in [-0.1, -0.05) is 0 Å². The summed E-state index contributed by atoms with van der Waals surface area (Å²) in [5.41, 5.74) is 8.66. The first-order chi connectivity index (χ1) is 8.65. The molecule has 0 saturated heterocycles. The molecule has 0 unspecified atom stereocenters. The van der Waals surface area contributed by atoms with E-state index in [1.165, 1.54) is 0 Å². The van der Waals surface area contributed by atoms with E-state index in [-0.39, 0.29) is 0 Å². The molecule has 0 spiro atoms. The summed E-state index contributed by atoms with van der Waals surface area (Å²) in [5, 5.41) is 4.39. The molecule has 5 nitrogen and oxygen atoms in total. The predicted octanol–water partition coefficient (Wildman–Crippen LogP) is 1.75. The van der Waals surface area contributed by atoms with Gasteiger partial charge in [0.25, 0.3) is 0 Å². The second-order valence-electron chi connectivity index (χ2n) is 4.41. The number of nitrogen functional groups attached to an aromatic ring is 1. The first-order valence-electron chi connectivity index (χ1n) is 5.85. The molecule has 1 aromatic carbocycles. The third-order valence-electron chi connectivity index (χ3n) is 2.98. The molecule has 0 fully saturated rings. The Kier molecular flexibility index (Phi) is 2.40. The van der Waals surface area contributed by atoms with Gasteiger partial charge in [0.05, 0.1) is 5.69 Å². The molecule has 0 aliphatic carbocycles. The third-order valence-corrected chi connectivity index (χ3v) is 2.98. The maximum atomic E-state index is 5.82. The minimum atomic E-state index is 0.561. The van der Waals surface area contributed by atoms with Gasteiger partial charge in [0, 0.05) is 18.7 Å². The lowest BCUT2D eigenvalue weighted by Crippen LogP contribution is -2.16. The van der Waals surface area contributed by atoms with Crippen molar-refractivity contribution in [3.8, 4) is 22.8 Å². The zero-order chi connectivity index (χ0) is 12.7. The molecule has 2 heterocycles. The van der Waals surface area contributed by atoms with E-state index in [1.54, 1.807) is 4.68 Å². The molecule has 0 atom stereocenters. The van der Waals surface area contributed by atoms with E-state index in [0.717, 1.165) is 28.3 Å². The minimum Gasteiger partial charge on any atom is -0.486 e. The van der Waals surface area contributed by atoms with Crippen molar-refractivity contribution in [2.75, 3.05) is 18.9 Å². The normalized spacial score (nSPS) is 13.7. The number of anilines is 1. The average molecular weight is 245 g/mol. The Balaban J connectivity index is 2.19. The number of aromatic nitrogens is 2. The zero-order valence-electron chi connectivity index (χ0n) is 10.4. The molecule has 1 aliphatic heterocycles. The summed E-state index contributed by atoms with van der Waals surface area (Å²) < 4.78 is 13.0. The maximum Gasteiger partial charge on any atom is 0.170 e. The van der Waals surface area contributed by atoms with Crippen molar-refractivity contribution in [1.29, 1.82) is 0 Å².